The standard InChI is InChI=1S/3C16H36N.2BrH.ClH/c3*1-5-9-13-17(14-10-6-2,15-11-7-3)16-12-8-4;;;/h3*5-16H2,1-4H3;3*1H/q3*+1;;;/p-3. The fourth-order valence-corrected chi connectivity index (χ4v) is 7.93. The van der Waals surface area contributed by atoms with E-state index in [0.29, 0.717) is 0 Å². The molecule has 0 bridgehead atoms. The molecule has 0 radical (unpaired) electrons. The Labute approximate surface area is 373 Å². The van der Waals surface area contributed by atoms with E-state index in [1.807, 2.05) is 0 Å². The minimum absolute atomic E-state index is 0. The zero-order valence-electron chi connectivity index (χ0n) is 39.9. The first-order chi connectivity index (χ1) is 24.7. The minimum atomic E-state index is 0. The quantitative estimate of drug-likeness (QED) is 0.0676. The Bertz CT molecular complexity index is 453. The molecule has 0 N–H and O–H groups in total. The van der Waals surface area contributed by atoms with Crippen molar-refractivity contribution in [1.29, 1.82) is 0 Å². The highest BCUT2D eigenvalue weighted by atomic mass is 79.9. The zero-order valence-corrected chi connectivity index (χ0v) is 43.9. The van der Waals surface area contributed by atoms with Gasteiger partial charge in [0.1, 0.15) is 0 Å². The van der Waals surface area contributed by atoms with Crippen LogP contribution in [-0.4, -0.2) is 92.0 Å². The van der Waals surface area contributed by atoms with Gasteiger partial charge in [0.25, 0.3) is 0 Å². The number of quaternary nitrogens is 3. The highest BCUT2D eigenvalue weighted by molar-refractivity contribution is 4.52. The molecular weight excluding hydrogens is 814 g/mol. The highest BCUT2D eigenvalue weighted by Crippen LogP contribution is 2.19. The highest BCUT2D eigenvalue weighted by Gasteiger charge is 2.26. The lowest BCUT2D eigenvalue weighted by Gasteiger charge is -2.39. The Morgan fingerprint density at radius 2 is 0.259 bits per heavy atom. The second-order valence-electron chi connectivity index (χ2n) is 17.0. The summed E-state index contributed by atoms with van der Waals surface area (Å²) in [6.07, 6.45) is 33.2. The Morgan fingerprint density at radius 3 is 0.315 bits per heavy atom. The first-order valence-electron chi connectivity index (χ1n) is 24.3. The van der Waals surface area contributed by atoms with E-state index in [2.05, 4.69) is 83.1 Å². The van der Waals surface area contributed by atoms with Crippen LogP contribution in [-0.2, 0) is 0 Å². The third-order valence-corrected chi connectivity index (χ3v) is 11.8. The lowest BCUT2D eigenvalue weighted by molar-refractivity contribution is -0.929. The molecular formula is C48H108Br2ClN3. The number of halogens is 3. The summed E-state index contributed by atoms with van der Waals surface area (Å²) < 4.78 is 4.26. The van der Waals surface area contributed by atoms with Gasteiger partial charge in [0.15, 0.2) is 0 Å². The fraction of sp³-hybridized carbons (Fsp3) is 1.00. The third kappa shape index (κ3) is 38.6. The normalized spacial score (nSPS) is 11.3. The summed E-state index contributed by atoms with van der Waals surface area (Å²) in [6, 6.07) is 0. The molecule has 6 heteroatoms. The second kappa shape index (κ2) is 50.3. The first-order valence-corrected chi connectivity index (χ1v) is 24.3. The Morgan fingerprint density at radius 1 is 0.185 bits per heavy atom. The maximum atomic E-state index is 2.33. The largest absolute Gasteiger partial charge is 1.00 e. The molecule has 0 atom stereocenters. The molecule has 3 nitrogen and oxygen atoms in total. The molecule has 336 valence electrons. The summed E-state index contributed by atoms with van der Waals surface area (Å²) in [5, 5.41) is 0. The van der Waals surface area contributed by atoms with Crippen molar-refractivity contribution in [3.63, 3.8) is 0 Å². The van der Waals surface area contributed by atoms with E-state index in [9.17, 15) is 0 Å². The van der Waals surface area contributed by atoms with E-state index < -0.39 is 0 Å². The van der Waals surface area contributed by atoms with Crippen LogP contribution in [0.2, 0.25) is 0 Å². The lowest BCUT2D eigenvalue weighted by Crippen LogP contribution is -3.00. The zero-order chi connectivity index (χ0) is 39.0. The van der Waals surface area contributed by atoms with Gasteiger partial charge in [-0.2, -0.15) is 0 Å². The van der Waals surface area contributed by atoms with Crippen LogP contribution in [0.4, 0.5) is 0 Å². The molecule has 0 aromatic carbocycles. The molecule has 0 aromatic rings. The predicted molar refractivity (Wildman–Crippen MR) is 238 cm³/mol. The summed E-state index contributed by atoms with van der Waals surface area (Å²) in [4.78, 5) is 0. The Kier molecular flexibility index (Phi) is 62.3. The molecule has 0 fully saturated rings. The van der Waals surface area contributed by atoms with E-state index in [4.69, 9.17) is 0 Å². The van der Waals surface area contributed by atoms with Gasteiger partial charge in [-0.25, -0.2) is 0 Å². The molecule has 0 spiro atoms. The molecule has 0 aliphatic rings. The average molecular weight is 923 g/mol. The van der Waals surface area contributed by atoms with Gasteiger partial charge in [-0.3, -0.25) is 0 Å². The summed E-state index contributed by atoms with van der Waals surface area (Å²) in [6.45, 7) is 45.1. The van der Waals surface area contributed by atoms with Crippen molar-refractivity contribution in [2.75, 3.05) is 78.5 Å². The molecule has 0 amide bonds. The van der Waals surface area contributed by atoms with Crippen molar-refractivity contribution < 1.29 is 59.8 Å². The molecule has 0 unspecified atom stereocenters. The summed E-state index contributed by atoms with van der Waals surface area (Å²) in [7, 11) is 0. The monoisotopic (exact) mass is 920 g/mol. The third-order valence-electron chi connectivity index (χ3n) is 11.8. The summed E-state index contributed by atoms with van der Waals surface area (Å²) in [5.74, 6) is 0. The van der Waals surface area contributed by atoms with E-state index in [-0.39, 0.29) is 46.4 Å². The van der Waals surface area contributed by atoms with Crippen molar-refractivity contribution in [3.05, 3.63) is 0 Å². The molecule has 0 rings (SSSR count). The van der Waals surface area contributed by atoms with Gasteiger partial charge in [-0.05, 0) is 77.0 Å². The molecule has 0 heterocycles. The van der Waals surface area contributed by atoms with E-state index in [1.54, 1.807) is 0 Å². The number of hydrogen-bond acceptors (Lipinski definition) is 0. The topological polar surface area (TPSA) is 0 Å². The van der Waals surface area contributed by atoms with Gasteiger partial charge in [0.05, 0.1) is 78.5 Å². The minimum Gasteiger partial charge on any atom is -1.00 e. The summed E-state index contributed by atoms with van der Waals surface area (Å²) in [5.41, 5.74) is 0. The molecule has 0 saturated carbocycles. The van der Waals surface area contributed by atoms with Crippen LogP contribution < -0.4 is 46.4 Å². The lowest BCUT2D eigenvalue weighted by atomic mass is 10.1. The van der Waals surface area contributed by atoms with Gasteiger partial charge in [0.2, 0.25) is 0 Å². The molecule has 54 heavy (non-hydrogen) atoms. The number of hydrogen-bond donors (Lipinski definition) is 0. The molecule has 0 aliphatic heterocycles. The van der Waals surface area contributed by atoms with Crippen LogP contribution in [0.15, 0.2) is 0 Å². The molecule has 0 aliphatic carbocycles. The van der Waals surface area contributed by atoms with Gasteiger partial charge < -0.3 is 59.8 Å². The van der Waals surface area contributed by atoms with Crippen molar-refractivity contribution in [3.8, 4) is 0 Å². The van der Waals surface area contributed by atoms with Crippen molar-refractivity contribution >= 4 is 0 Å². The van der Waals surface area contributed by atoms with E-state index in [1.165, 1.54) is 246 Å². The van der Waals surface area contributed by atoms with Crippen LogP contribution in [0.25, 0.3) is 0 Å². The van der Waals surface area contributed by atoms with Crippen LogP contribution in [0, 0.1) is 0 Å². The van der Waals surface area contributed by atoms with Crippen molar-refractivity contribution in [2.24, 2.45) is 0 Å². The van der Waals surface area contributed by atoms with Crippen LogP contribution >= 0.6 is 0 Å². The first kappa shape index (κ1) is 66.9. The van der Waals surface area contributed by atoms with Crippen LogP contribution in [0.5, 0.6) is 0 Å². The number of rotatable bonds is 36. The Balaban J connectivity index is -0.000000156. The number of nitrogens with zero attached hydrogens (tertiary/aromatic N) is 3. The van der Waals surface area contributed by atoms with Crippen LogP contribution in [0.1, 0.15) is 237 Å². The van der Waals surface area contributed by atoms with Crippen LogP contribution in [0.3, 0.4) is 0 Å². The average Bonchev–Trinajstić information content (AvgIpc) is 3.16. The maximum Gasteiger partial charge on any atom is 0.0786 e. The number of unbranched alkanes of at least 4 members (excludes halogenated alkanes) is 12. The SMILES string of the molecule is CCCC[N+](CCCC)(CCCC)CCCC.CCCC[N+](CCCC)(CCCC)CCCC.CCCC[N+](CCCC)(CCCC)CCCC.[Br-].[Br-].[Cl-]. The van der Waals surface area contributed by atoms with Gasteiger partial charge in [-0.1, -0.05) is 160 Å². The smallest absolute Gasteiger partial charge is 0.0786 e. The fourth-order valence-electron chi connectivity index (χ4n) is 7.93. The maximum absolute atomic E-state index is 2.33. The molecule has 0 saturated heterocycles. The van der Waals surface area contributed by atoms with Crippen molar-refractivity contribution in [1.82, 2.24) is 0 Å². The summed E-state index contributed by atoms with van der Waals surface area (Å²) >= 11 is 0. The predicted octanol–water partition coefficient (Wildman–Crippen LogP) is 6.02. The van der Waals surface area contributed by atoms with Gasteiger partial charge >= 0.3 is 0 Å². The second-order valence-corrected chi connectivity index (χ2v) is 17.0. The molecule has 0 aromatic heterocycles. The van der Waals surface area contributed by atoms with Gasteiger partial charge in [-0.15, -0.1) is 0 Å². The van der Waals surface area contributed by atoms with Crippen molar-refractivity contribution in [2.45, 2.75) is 237 Å². The van der Waals surface area contributed by atoms with Gasteiger partial charge in [0, 0.05) is 0 Å². The van der Waals surface area contributed by atoms with E-state index >= 15 is 0 Å². The Hall–Kier alpha value is 1.13. The van der Waals surface area contributed by atoms with E-state index in [0.717, 1.165) is 0 Å².